The van der Waals surface area contributed by atoms with Crippen LogP contribution in [-0.2, 0) is 6.61 Å². The van der Waals surface area contributed by atoms with E-state index in [1.807, 2.05) is 45.2 Å². The van der Waals surface area contributed by atoms with E-state index in [1.165, 1.54) is 0 Å². The van der Waals surface area contributed by atoms with Crippen LogP contribution in [-0.4, -0.2) is 12.0 Å². The number of nitrogens with zero attached hydrogens (tertiary/aromatic N) is 1. The van der Waals surface area contributed by atoms with Gasteiger partial charge in [-0.15, -0.1) is 0 Å². The van der Waals surface area contributed by atoms with Crippen molar-refractivity contribution in [1.82, 2.24) is 4.98 Å². The number of nitrogens with one attached hydrogen (secondary N) is 1. The predicted octanol–water partition coefficient (Wildman–Crippen LogP) is 3.97. The second-order valence-electron chi connectivity index (χ2n) is 4.44. The van der Waals surface area contributed by atoms with Crippen molar-refractivity contribution in [3.63, 3.8) is 0 Å². The largest absolute Gasteiger partial charge is 0.487 e. The predicted molar refractivity (Wildman–Crippen MR) is 79.0 cm³/mol. The first-order chi connectivity index (χ1) is 9.10. The van der Waals surface area contributed by atoms with E-state index in [4.69, 9.17) is 16.3 Å². The lowest BCUT2D eigenvalue weighted by Gasteiger charge is -2.12. The molecule has 0 saturated carbocycles. The molecule has 0 aliphatic heterocycles. The average Bonchev–Trinajstić information content (AvgIpc) is 2.37. The van der Waals surface area contributed by atoms with Crippen LogP contribution >= 0.6 is 11.6 Å². The van der Waals surface area contributed by atoms with Crippen molar-refractivity contribution >= 4 is 17.3 Å². The number of aryl methyl sites for hydroxylation is 2. The summed E-state index contributed by atoms with van der Waals surface area (Å²) in [6.45, 7) is 4.43. The monoisotopic (exact) mass is 276 g/mol. The van der Waals surface area contributed by atoms with Crippen LogP contribution in [0, 0.1) is 13.8 Å². The lowest BCUT2D eigenvalue weighted by Crippen LogP contribution is -2.02. The number of benzene rings is 1. The molecule has 0 atom stereocenters. The Morgan fingerprint density at radius 3 is 2.53 bits per heavy atom. The molecule has 3 nitrogen and oxygen atoms in total. The Hall–Kier alpha value is -1.74. The van der Waals surface area contributed by atoms with Crippen molar-refractivity contribution in [2.75, 3.05) is 12.4 Å². The van der Waals surface area contributed by atoms with Gasteiger partial charge < -0.3 is 10.1 Å². The van der Waals surface area contributed by atoms with Gasteiger partial charge in [0.25, 0.3) is 0 Å². The van der Waals surface area contributed by atoms with Crippen molar-refractivity contribution in [2.45, 2.75) is 20.5 Å². The van der Waals surface area contributed by atoms with Crippen LogP contribution < -0.4 is 10.1 Å². The number of rotatable bonds is 4. The first-order valence-electron chi connectivity index (χ1n) is 6.12. The molecule has 4 heteroatoms. The van der Waals surface area contributed by atoms with Crippen LogP contribution in [0.4, 0.5) is 5.69 Å². The highest BCUT2D eigenvalue weighted by atomic mass is 35.5. The van der Waals surface area contributed by atoms with Crippen molar-refractivity contribution in [3.05, 3.63) is 52.3 Å². The van der Waals surface area contributed by atoms with E-state index < -0.39 is 0 Å². The fraction of sp³-hybridized carbons (Fsp3) is 0.267. The average molecular weight is 277 g/mol. The van der Waals surface area contributed by atoms with Gasteiger partial charge in [0.15, 0.2) is 0 Å². The van der Waals surface area contributed by atoms with E-state index in [0.717, 1.165) is 33.3 Å². The topological polar surface area (TPSA) is 34.2 Å². The molecule has 0 radical (unpaired) electrons. The number of halogens is 1. The van der Waals surface area contributed by atoms with Crippen LogP contribution in [0.5, 0.6) is 5.75 Å². The molecule has 0 fully saturated rings. The third-order valence-corrected chi connectivity index (χ3v) is 3.11. The summed E-state index contributed by atoms with van der Waals surface area (Å²) in [5.41, 5.74) is 3.99. The van der Waals surface area contributed by atoms with Crippen LogP contribution in [0.1, 0.15) is 16.8 Å². The number of pyridine rings is 1. The Balaban J connectivity index is 2.14. The minimum atomic E-state index is 0.443. The highest BCUT2D eigenvalue weighted by Crippen LogP contribution is 2.27. The Kier molecular flexibility index (Phi) is 4.27. The van der Waals surface area contributed by atoms with Gasteiger partial charge in [-0.05, 0) is 49.2 Å². The molecule has 1 N–H and O–H groups in total. The summed E-state index contributed by atoms with van der Waals surface area (Å²) in [7, 11) is 1.88. The van der Waals surface area contributed by atoms with Gasteiger partial charge >= 0.3 is 0 Å². The molecule has 0 spiro atoms. The van der Waals surface area contributed by atoms with Crippen molar-refractivity contribution < 1.29 is 4.74 Å². The number of hydrogen-bond acceptors (Lipinski definition) is 3. The molecule has 1 heterocycles. The third kappa shape index (κ3) is 3.38. The molecule has 1 aromatic heterocycles. The molecule has 0 aliphatic rings. The fourth-order valence-corrected chi connectivity index (χ4v) is 2.31. The lowest BCUT2D eigenvalue weighted by atomic mass is 10.1. The summed E-state index contributed by atoms with van der Waals surface area (Å²) in [4.78, 5) is 4.29. The van der Waals surface area contributed by atoms with Crippen LogP contribution in [0.3, 0.4) is 0 Å². The molecule has 0 bridgehead atoms. The molecule has 0 amide bonds. The summed E-state index contributed by atoms with van der Waals surface area (Å²) >= 11 is 6.00. The zero-order chi connectivity index (χ0) is 13.8. The first kappa shape index (κ1) is 13.7. The molecule has 19 heavy (non-hydrogen) atoms. The summed E-state index contributed by atoms with van der Waals surface area (Å²) in [6.07, 6.45) is 1.77. The summed E-state index contributed by atoms with van der Waals surface area (Å²) in [6, 6.07) is 7.70. The first-order valence-corrected chi connectivity index (χ1v) is 6.50. The second kappa shape index (κ2) is 5.93. The van der Waals surface area contributed by atoms with Crippen molar-refractivity contribution in [2.24, 2.45) is 0 Å². The summed E-state index contributed by atoms with van der Waals surface area (Å²) in [5.74, 6) is 0.876. The highest BCUT2D eigenvalue weighted by Gasteiger charge is 2.06. The molecule has 100 valence electrons. The zero-order valence-electron chi connectivity index (χ0n) is 11.3. The molecule has 0 unspecified atom stereocenters. The van der Waals surface area contributed by atoms with Gasteiger partial charge in [-0.1, -0.05) is 11.6 Å². The number of aromatic nitrogens is 1. The summed E-state index contributed by atoms with van der Waals surface area (Å²) < 4.78 is 5.86. The number of hydrogen-bond donors (Lipinski definition) is 1. The Morgan fingerprint density at radius 2 is 1.89 bits per heavy atom. The Bertz CT molecular complexity index is 561. The molecule has 0 aliphatic carbocycles. The molecular weight excluding hydrogens is 260 g/mol. The molecular formula is C15H17ClN2O. The normalized spacial score (nSPS) is 10.3. The van der Waals surface area contributed by atoms with Gasteiger partial charge in [0.05, 0.1) is 5.69 Å². The van der Waals surface area contributed by atoms with E-state index in [1.54, 1.807) is 6.20 Å². The van der Waals surface area contributed by atoms with Crippen LogP contribution in [0.25, 0.3) is 0 Å². The van der Waals surface area contributed by atoms with Crippen LogP contribution in [0.15, 0.2) is 30.5 Å². The third-order valence-electron chi connectivity index (χ3n) is 2.89. The quantitative estimate of drug-likeness (QED) is 0.917. The highest BCUT2D eigenvalue weighted by molar-refractivity contribution is 6.30. The SMILES string of the molecule is CNc1ccnc(COc2c(C)cc(Cl)cc2C)c1. The van der Waals surface area contributed by atoms with E-state index in [-0.39, 0.29) is 0 Å². The standard InChI is InChI=1S/C15H17ClN2O/c1-10-6-12(16)7-11(2)15(10)19-9-14-8-13(17-3)4-5-18-14/h4-8H,9H2,1-3H3,(H,17,18). The minimum absolute atomic E-state index is 0.443. The maximum atomic E-state index is 6.00. The minimum Gasteiger partial charge on any atom is -0.487 e. The summed E-state index contributed by atoms with van der Waals surface area (Å²) in [5, 5.41) is 3.82. The van der Waals surface area contributed by atoms with E-state index in [2.05, 4.69) is 10.3 Å². The van der Waals surface area contributed by atoms with Gasteiger partial charge in [-0.25, -0.2) is 0 Å². The molecule has 1 aromatic carbocycles. The van der Waals surface area contributed by atoms with E-state index in [0.29, 0.717) is 6.61 Å². The zero-order valence-corrected chi connectivity index (χ0v) is 12.1. The van der Waals surface area contributed by atoms with Gasteiger partial charge in [0.1, 0.15) is 12.4 Å². The maximum Gasteiger partial charge on any atom is 0.130 e. The van der Waals surface area contributed by atoms with Crippen molar-refractivity contribution in [1.29, 1.82) is 0 Å². The smallest absolute Gasteiger partial charge is 0.130 e. The fourth-order valence-electron chi connectivity index (χ4n) is 1.98. The second-order valence-corrected chi connectivity index (χ2v) is 4.88. The van der Waals surface area contributed by atoms with Crippen LogP contribution in [0.2, 0.25) is 5.02 Å². The van der Waals surface area contributed by atoms with Gasteiger partial charge in [-0.3, -0.25) is 4.98 Å². The number of anilines is 1. The van der Waals surface area contributed by atoms with Gasteiger partial charge in [0, 0.05) is 24.0 Å². The lowest BCUT2D eigenvalue weighted by molar-refractivity contribution is 0.297. The maximum absolute atomic E-state index is 6.00. The molecule has 2 aromatic rings. The Morgan fingerprint density at radius 1 is 1.21 bits per heavy atom. The van der Waals surface area contributed by atoms with Gasteiger partial charge in [0.2, 0.25) is 0 Å². The Labute approximate surface area is 118 Å². The number of ether oxygens (including phenoxy) is 1. The van der Waals surface area contributed by atoms with E-state index >= 15 is 0 Å². The molecule has 2 rings (SSSR count). The van der Waals surface area contributed by atoms with Crippen molar-refractivity contribution in [3.8, 4) is 5.75 Å². The van der Waals surface area contributed by atoms with E-state index in [9.17, 15) is 0 Å². The molecule has 0 saturated heterocycles. The van der Waals surface area contributed by atoms with Gasteiger partial charge in [-0.2, -0.15) is 0 Å².